The molecule has 0 bridgehead atoms. The molecule has 0 amide bonds. The van der Waals surface area contributed by atoms with Crippen LogP contribution in [0, 0.1) is 5.92 Å². The van der Waals surface area contributed by atoms with Gasteiger partial charge in [-0.3, -0.25) is 0 Å². The summed E-state index contributed by atoms with van der Waals surface area (Å²) in [7, 11) is 0. The average Bonchev–Trinajstić information content (AvgIpc) is 3.29. The van der Waals surface area contributed by atoms with E-state index >= 15 is 0 Å². The number of aromatic carboxylic acids is 1. The molecular weight excluding hydrogens is 354 g/mol. The van der Waals surface area contributed by atoms with Crippen LogP contribution in [0.15, 0.2) is 42.5 Å². The Labute approximate surface area is 155 Å². The van der Waals surface area contributed by atoms with Crippen molar-refractivity contribution in [3.63, 3.8) is 0 Å². The quantitative estimate of drug-likeness (QED) is 0.757. The van der Waals surface area contributed by atoms with Gasteiger partial charge < -0.3 is 19.9 Å². The Bertz CT molecular complexity index is 955. The molecule has 0 saturated heterocycles. The summed E-state index contributed by atoms with van der Waals surface area (Å²) in [6.45, 7) is 0.237. The number of hydrogen-bond acceptors (Lipinski definition) is 4. The van der Waals surface area contributed by atoms with Crippen molar-refractivity contribution in [1.29, 1.82) is 0 Å². The van der Waals surface area contributed by atoms with Crippen molar-refractivity contribution in [2.24, 2.45) is 5.92 Å². The zero-order valence-electron chi connectivity index (χ0n) is 13.7. The highest BCUT2D eigenvalue weighted by Crippen LogP contribution is 2.53. The normalized spacial score (nSPS) is 24.7. The molecule has 0 spiro atoms. The van der Waals surface area contributed by atoms with E-state index in [1.54, 1.807) is 12.1 Å². The van der Waals surface area contributed by atoms with Crippen LogP contribution in [-0.2, 0) is 0 Å². The molecule has 2 heterocycles. The van der Waals surface area contributed by atoms with Gasteiger partial charge in [0.1, 0.15) is 0 Å². The van der Waals surface area contributed by atoms with Crippen LogP contribution < -0.4 is 14.8 Å². The lowest BCUT2D eigenvalue weighted by molar-refractivity contribution is 0.0695. The molecule has 2 aromatic carbocycles. The summed E-state index contributed by atoms with van der Waals surface area (Å²) in [5, 5.41) is 13.7. The summed E-state index contributed by atoms with van der Waals surface area (Å²) in [5.74, 6) is 0.798. The van der Waals surface area contributed by atoms with Gasteiger partial charge in [-0.1, -0.05) is 29.8 Å². The van der Waals surface area contributed by atoms with Crippen LogP contribution in [0.4, 0.5) is 5.69 Å². The second kappa shape index (κ2) is 5.68. The van der Waals surface area contributed by atoms with Gasteiger partial charge in [-0.05, 0) is 47.7 Å². The van der Waals surface area contributed by atoms with Crippen LogP contribution in [-0.4, -0.2) is 17.9 Å². The van der Waals surface area contributed by atoms with E-state index in [0.717, 1.165) is 29.0 Å². The number of benzene rings is 2. The first-order valence-corrected chi connectivity index (χ1v) is 8.89. The minimum Gasteiger partial charge on any atom is -0.478 e. The van der Waals surface area contributed by atoms with E-state index in [-0.39, 0.29) is 24.7 Å². The number of anilines is 1. The SMILES string of the molecule is O=C(O)c1ccc(Cl)c2c1[C@@H]1C=CC[C@H]1[C@H](c1ccc3c(c1)OCO3)N2. The van der Waals surface area contributed by atoms with Crippen LogP contribution in [0.5, 0.6) is 11.5 Å². The van der Waals surface area contributed by atoms with Crippen molar-refractivity contribution in [1.82, 2.24) is 0 Å². The molecule has 6 heteroatoms. The topological polar surface area (TPSA) is 67.8 Å². The molecule has 3 aliphatic rings. The van der Waals surface area contributed by atoms with E-state index in [1.165, 1.54) is 0 Å². The van der Waals surface area contributed by atoms with Crippen molar-refractivity contribution in [3.05, 3.63) is 64.2 Å². The van der Waals surface area contributed by atoms with E-state index in [9.17, 15) is 9.90 Å². The maximum atomic E-state index is 11.7. The largest absolute Gasteiger partial charge is 0.478 e. The Morgan fingerprint density at radius 3 is 2.88 bits per heavy atom. The molecule has 0 unspecified atom stereocenters. The third-order valence-electron chi connectivity index (χ3n) is 5.46. The van der Waals surface area contributed by atoms with E-state index in [2.05, 4.69) is 17.5 Å². The number of halogens is 1. The monoisotopic (exact) mass is 369 g/mol. The van der Waals surface area contributed by atoms with Crippen LogP contribution in [0.1, 0.15) is 39.9 Å². The van der Waals surface area contributed by atoms with Crippen LogP contribution >= 0.6 is 11.6 Å². The third kappa shape index (κ3) is 2.20. The smallest absolute Gasteiger partial charge is 0.336 e. The highest BCUT2D eigenvalue weighted by Gasteiger charge is 2.41. The molecule has 2 aliphatic heterocycles. The molecule has 26 heavy (non-hydrogen) atoms. The second-order valence-corrected chi connectivity index (χ2v) is 7.18. The summed E-state index contributed by atoms with van der Waals surface area (Å²) < 4.78 is 10.9. The first kappa shape index (κ1) is 15.6. The van der Waals surface area contributed by atoms with Crippen molar-refractivity contribution < 1.29 is 19.4 Å². The Balaban J connectivity index is 1.64. The molecule has 0 saturated carbocycles. The predicted octanol–water partition coefficient (Wildman–Crippen LogP) is 4.59. The van der Waals surface area contributed by atoms with Crippen LogP contribution in [0.25, 0.3) is 0 Å². The van der Waals surface area contributed by atoms with Crippen molar-refractivity contribution >= 4 is 23.3 Å². The van der Waals surface area contributed by atoms with Gasteiger partial charge in [0.2, 0.25) is 6.79 Å². The third-order valence-corrected chi connectivity index (χ3v) is 5.77. The Morgan fingerprint density at radius 1 is 1.19 bits per heavy atom. The maximum absolute atomic E-state index is 11.7. The fourth-order valence-electron chi connectivity index (χ4n) is 4.30. The molecule has 0 aromatic heterocycles. The number of hydrogen-bond donors (Lipinski definition) is 2. The van der Waals surface area contributed by atoms with Crippen molar-refractivity contribution in [2.45, 2.75) is 18.4 Å². The number of fused-ring (bicyclic) bond motifs is 4. The van der Waals surface area contributed by atoms with Gasteiger partial charge in [-0.15, -0.1) is 0 Å². The van der Waals surface area contributed by atoms with Crippen LogP contribution in [0.2, 0.25) is 5.02 Å². The van der Waals surface area contributed by atoms with Gasteiger partial charge >= 0.3 is 5.97 Å². The summed E-state index contributed by atoms with van der Waals surface area (Å²) in [6.07, 6.45) is 5.10. The standard InChI is InChI=1S/C20H16ClNO4/c21-14-6-5-13(20(23)24)17-11-2-1-3-12(11)18(22-19(14)17)10-4-7-15-16(8-10)26-9-25-15/h1-2,4-8,11-12,18,22H,3,9H2,(H,23,24)/t11-,12-,18+/m1/s1. The van der Waals surface area contributed by atoms with E-state index in [0.29, 0.717) is 16.3 Å². The lowest BCUT2D eigenvalue weighted by Crippen LogP contribution is -2.30. The fourth-order valence-corrected chi connectivity index (χ4v) is 4.52. The molecule has 0 radical (unpaired) electrons. The Hall–Kier alpha value is -2.66. The second-order valence-electron chi connectivity index (χ2n) is 6.78. The number of carboxylic acid groups (broad SMARTS) is 1. The maximum Gasteiger partial charge on any atom is 0.336 e. The molecule has 1 aliphatic carbocycles. The number of ether oxygens (including phenoxy) is 2. The minimum atomic E-state index is -0.930. The summed E-state index contributed by atoms with van der Waals surface area (Å²) in [6, 6.07) is 9.19. The molecule has 3 atom stereocenters. The number of carboxylic acids is 1. The van der Waals surface area contributed by atoms with Gasteiger partial charge in [0.15, 0.2) is 11.5 Å². The molecule has 5 rings (SSSR count). The number of carbonyl (C=O) groups is 1. The van der Waals surface area contributed by atoms with Gasteiger partial charge in [-0.2, -0.15) is 0 Å². The van der Waals surface area contributed by atoms with Gasteiger partial charge in [0.05, 0.1) is 22.3 Å². The molecule has 2 N–H and O–H groups in total. The highest BCUT2D eigenvalue weighted by atomic mass is 35.5. The summed E-state index contributed by atoms with van der Waals surface area (Å²) >= 11 is 6.43. The first-order valence-electron chi connectivity index (χ1n) is 8.52. The summed E-state index contributed by atoms with van der Waals surface area (Å²) in [5.41, 5.74) is 2.88. The Morgan fingerprint density at radius 2 is 2.04 bits per heavy atom. The zero-order chi connectivity index (χ0) is 17.8. The van der Waals surface area contributed by atoms with Crippen LogP contribution in [0.3, 0.4) is 0 Å². The average molecular weight is 370 g/mol. The predicted molar refractivity (Wildman–Crippen MR) is 97.3 cm³/mol. The summed E-state index contributed by atoms with van der Waals surface area (Å²) in [4.78, 5) is 11.7. The van der Waals surface area contributed by atoms with E-state index < -0.39 is 5.97 Å². The highest BCUT2D eigenvalue weighted by molar-refractivity contribution is 6.33. The van der Waals surface area contributed by atoms with E-state index in [4.69, 9.17) is 21.1 Å². The molecule has 2 aromatic rings. The minimum absolute atomic E-state index is 0.0125. The first-order chi connectivity index (χ1) is 12.6. The zero-order valence-corrected chi connectivity index (χ0v) is 14.5. The fraction of sp³-hybridized carbons (Fsp3) is 0.250. The van der Waals surface area contributed by atoms with E-state index in [1.807, 2.05) is 18.2 Å². The molecule has 5 nitrogen and oxygen atoms in total. The molecular formula is C20H16ClNO4. The van der Waals surface area contributed by atoms with Gasteiger partial charge in [0.25, 0.3) is 0 Å². The number of allylic oxidation sites excluding steroid dienone is 2. The van der Waals surface area contributed by atoms with Crippen molar-refractivity contribution in [2.75, 3.05) is 12.1 Å². The molecule has 0 fully saturated rings. The Kier molecular flexibility index (Phi) is 3.40. The molecule has 132 valence electrons. The lowest BCUT2D eigenvalue weighted by Gasteiger charge is -2.38. The number of rotatable bonds is 2. The number of nitrogens with one attached hydrogen (secondary N) is 1. The van der Waals surface area contributed by atoms with Crippen molar-refractivity contribution in [3.8, 4) is 11.5 Å². The van der Waals surface area contributed by atoms with Gasteiger partial charge in [-0.25, -0.2) is 4.79 Å². The lowest BCUT2D eigenvalue weighted by atomic mass is 9.75. The van der Waals surface area contributed by atoms with Gasteiger partial charge in [0, 0.05) is 5.92 Å².